The number of carbonyl (C=O) groups is 1. The first-order valence-electron chi connectivity index (χ1n) is 6.59. The maximum atomic E-state index is 13.0. The predicted molar refractivity (Wildman–Crippen MR) is 79.9 cm³/mol. The second-order valence-electron chi connectivity index (χ2n) is 4.71. The van der Waals surface area contributed by atoms with Crippen molar-refractivity contribution < 1.29 is 14.3 Å². The largest absolute Gasteiger partial charge is 0.507 e. The van der Waals surface area contributed by atoms with Gasteiger partial charge >= 0.3 is 0 Å². The van der Waals surface area contributed by atoms with Crippen LogP contribution in [0.25, 0.3) is 0 Å². The number of benzene rings is 2. The zero-order valence-electron chi connectivity index (χ0n) is 11.9. The maximum Gasteiger partial charge on any atom is 0.259 e. The van der Waals surface area contributed by atoms with E-state index in [1.54, 1.807) is 6.07 Å². The van der Waals surface area contributed by atoms with Crippen LogP contribution in [-0.4, -0.2) is 18.1 Å². The maximum absolute atomic E-state index is 13.0. The molecule has 21 heavy (non-hydrogen) atoms. The lowest BCUT2D eigenvalue weighted by Gasteiger charge is -2.16. The summed E-state index contributed by atoms with van der Waals surface area (Å²) in [6, 6.07) is 10.7. The van der Waals surface area contributed by atoms with E-state index in [-0.39, 0.29) is 17.4 Å². The zero-order chi connectivity index (χ0) is 15.4. The highest BCUT2D eigenvalue weighted by Crippen LogP contribution is 2.24. The van der Waals surface area contributed by atoms with Gasteiger partial charge in [0.15, 0.2) is 0 Å². The fourth-order valence-electron chi connectivity index (χ4n) is 2.03. The third-order valence-electron chi connectivity index (χ3n) is 3.31. The molecule has 3 N–H and O–H groups in total. The lowest BCUT2D eigenvalue weighted by Crippen LogP contribution is -2.18. The Balaban J connectivity index is 2.28. The molecule has 1 atom stereocenters. The lowest BCUT2D eigenvalue weighted by atomic mass is 10.1. The Hall–Kier alpha value is -2.40. The number of hydrogen-bond acceptors (Lipinski definition) is 3. The summed E-state index contributed by atoms with van der Waals surface area (Å²) < 4.78 is 13.0. The van der Waals surface area contributed by atoms with E-state index in [1.165, 1.54) is 6.07 Å². The number of anilines is 1. The number of phenols is 1. The van der Waals surface area contributed by atoms with Gasteiger partial charge in [0.05, 0.1) is 5.56 Å². The van der Waals surface area contributed by atoms with E-state index in [0.29, 0.717) is 5.69 Å². The Morgan fingerprint density at radius 1 is 1.24 bits per heavy atom. The van der Waals surface area contributed by atoms with Crippen molar-refractivity contribution in [1.29, 1.82) is 0 Å². The molecule has 0 aliphatic heterocycles. The molecule has 0 heterocycles. The number of halogens is 1. The van der Waals surface area contributed by atoms with Crippen LogP contribution >= 0.6 is 0 Å². The zero-order valence-corrected chi connectivity index (χ0v) is 11.9. The number of rotatable bonds is 4. The molecule has 2 aromatic rings. The monoisotopic (exact) mass is 288 g/mol. The van der Waals surface area contributed by atoms with Crippen LogP contribution < -0.4 is 10.6 Å². The van der Waals surface area contributed by atoms with Gasteiger partial charge in [0.1, 0.15) is 11.6 Å². The third kappa shape index (κ3) is 3.38. The fraction of sp³-hybridized carbons (Fsp3) is 0.188. The van der Waals surface area contributed by atoms with Gasteiger partial charge in [-0.25, -0.2) is 4.39 Å². The van der Waals surface area contributed by atoms with Crippen LogP contribution in [0.4, 0.5) is 10.1 Å². The molecule has 0 saturated heterocycles. The van der Waals surface area contributed by atoms with Gasteiger partial charge in [-0.2, -0.15) is 0 Å². The summed E-state index contributed by atoms with van der Waals surface area (Å²) in [6.45, 7) is 1.97. The van der Waals surface area contributed by atoms with Crippen LogP contribution in [0.15, 0.2) is 42.5 Å². The van der Waals surface area contributed by atoms with E-state index in [2.05, 4.69) is 10.6 Å². The Bertz CT molecular complexity index is 658. The van der Waals surface area contributed by atoms with Crippen molar-refractivity contribution in [1.82, 2.24) is 5.32 Å². The molecular formula is C16H17FN2O2. The van der Waals surface area contributed by atoms with Crippen LogP contribution in [0, 0.1) is 5.82 Å². The second-order valence-corrected chi connectivity index (χ2v) is 4.71. The number of para-hydroxylation sites is 1. The molecule has 5 heteroatoms. The predicted octanol–water partition coefficient (Wildman–Crippen LogP) is 3.06. The standard InChI is InChI=1S/C16H17FN2O2/c1-10(18-2)12-5-3-4-6-14(12)19-16(21)13-8-7-11(17)9-15(13)20/h3-10,18,20H,1-2H3,(H,19,21). The Morgan fingerprint density at radius 2 is 1.95 bits per heavy atom. The van der Waals surface area contributed by atoms with Crippen LogP contribution in [0.3, 0.4) is 0 Å². The third-order valence-corrected chi connectivity index (χ3v) is 3.31. The highest BCUT2D eigenvalue weighted by Gasteiger charge is 2.15. The normalized spacial score (nSPS) is 12.0. The SMILES string of the molecule is CNC(C)c1ccccc1NC(=O)c1ccc(F)cc1O. The van der Waals surface area contributed by atoms with E-state index in [0.717, 1.165) is 17.7 Å². The average Bonchev–Trinajstić information content (AvgIpc) is 2.46. The molecule has 110 valence electrons. The molecule has 1 amide bonds. The highest BCUT2D eigenvalue weighted by molar-refractivity contribution is 6.06. The molecule has 1 unspecified atom stereocenters. The van der Waals surface area contributed by atoms with Crippen molar-refractivity contribution in [3.05, 3.63) is 59.4 Å². The van der Waals surface area contributed by atoms with Gasteiger partial charge in [-0.1, -0.05) is 18.2 Å². The number of nitrogens with one attached hydrogen (secondary N) is 2. The molecule has 0 fully saturated rings. The first-order chi connectivity index (χ1) is 10.0. The van der Waals surface area contributed by atoms with Crippen LogP contribution in [0.5, 0.6) is 5.75 Å². The summed E-state index contributed by atoms with van der Waals surface area (Å²) in [6.07, 6.45) is 0. The molecule has 0 spiro atoms. The molecular weight excluding hydrogens is 271 g/mol. The summed E-state index contributed by atoms with van der Waals surface area (Å²) >= 11 is 0. The number of phenolic OH excluding ortho intramolecular Hbond substituents is 1. The smallest absolute Gasteiger partial charge is 0.259 e. The molecule has 0 aliphatic rings. The minimum atomic E-state index is -0.590. The van der Waals surface area contributed by atoms with Gasteiger partial charge in [-0.05, 0) is 37.7 Å². The highest BCUT2D eigenvalue weighted by atomic mass is 19.1. The number of carbonyl (C=O) groups excluding carboxylic acids is 1. The topological polar surface area (TPSA) is 61.4 Å². The molecule has 0 aromatic heterocycles. The van der Waals surface area contributed by atoms with E-state index in [9.17, 15) is 14.3 Å². The van der Waals surface area contributed by atoms with Gasteiger partial charge < -0.3 is 15.7 Å². The van der Waals surface area contributed by atoms with E-state index < -0.39 is 11.7 Å². The Kier molecular flexibility index (Phi) is 4.55. The van der Waals surface area contributed by atoms with Gasteiger partial charge in [0, 0.05) is 17.8 Å². The van der Waals surface area contributed by atoms with Crippen LogP contribution in [0.2, 0.25) is 0 Å². The van der Waals surface area contributed by atoms with Gasteiger partial charge in [0.2, 0.25) is 0 Å². The number of aromatic hydroxyl groups is 1. The second kappa shape index (κ2) is 6.37. The molecule has 0 bridgehead atoms. The first-order valence-corrected chi connectivity index (χ1v) is 6.59. The Labute approximate surface area is 122 Å². The lowest BCUT2D eigenvalue weighted by molar-refractivity contribution is 0.102. The van der Waals surface area contributed by atoms with Crippen LogP contribution in [0.1, 0.15) is 28.9 Å². The molecule has 0 aliphatic carbocycles. The Morgan fingerprint density at radius 3 is 2.62 bits per heavy atom. The number of amides is 1. The quantitative estimate of drug-likeness (QED) is 0.810. The van der Waals surface area contributed by atoms with Crippen molar-refractivity contribution in [3.8, 4) is 5.75 Å². The molecule has 0 saturated carbocycles. The van der Waals surface area contributed by atoms with Gasteiger partial charge in [-0.3, -0.25) is 4.79 Å². The van der Waals surface area contributed by atoms with Crippen molar-refractivity contribution >= 4 is 11.6 Å². The first kappa shape index (κ1) is 15.0. The minimum Gasteiger partial charge on any atom is -0.507 e. The fourth-order valence-corrected chi connectivity index (χ4v) is 2.03. The number of hydrogen-bond donors (Lipinski definition) is 3. The summed E-state index contributed by atoms with van der Waals surface area (Å²) in [5, 5.41) is 15.5. The molecule has 4 nitrogen and oxygen atoms in total. The molecule has 2 aromatic carbocycles. The summed E-state index contributed by atoms with van der Waals surface area (Å²) in [7, 11) is 1.83. The van der Waals surface area contributed by atoms with E-state index in [1.807, 2.05) is 32.2 Å². The summed E-state index contributed by atoms with van der Waals surface area (Å²) in [4.78, 5) is 12.2. The van der Waals surface area contributed by atoms with E-state index in [4.69, 9.17) is 0 Å². The summed E-state index contributed by atoms with van der Waals surface area (Å²) in [5.74, 6) is -1.46. The molecule has 2 rings (SSSR count). The van der Waals surface area contributed by atoms with Crippen molar-refractivity contribution in [3.63, 3.8) is 0 Å². The minimum absolute atomic E-state index is 0.0308. The average molecular weight is 288 g/mol. The molecule has 0 radical (unpaired) electrons. The van der Waals surface area contributed by atoms with Crippen molar-refractivity contribution in [2.75, 3.05) is 12.4 Å². The summed E-state index contributed by atoms with van der Waals surface area (Å²) in [5.41, 5.74) is 1.60. The van der Waals surface area contributed by atoms with Gasteiger partial charge in [0.25, 0.3) is 5.91 Å². The van der Waals surface area contributed by atoms with Crippen LogP contribution in [-0.2, 0) is 0 Å². The van der Waals surface area contributed by atoms with Crippen molar-refractivity contribution in [2.24, 2.45) is 0 Å². The van der Waals surface area contributed by atoms with Gasteiger partial charge in [-0.15, -0.1) is 0 Å². The van der Waals surface area contributed by atoms with E-state index >= 15 is 0 Å². The van der Waals surface area contributed by atoms with Crippen molar-refractivity contribution in [2.45, 2.75) is 13.0 Å².